The van der Waals surface area contributed by atoms with Crippen LogP contribution in [-0.4, -0.2) is 31.6 Å². The standard InChI is InChI=1S/C11H16N4O3S2/c1-2-12-7-9-3-4-11(19-9)20(16,17)14-6-5-10-13-8-18-15-10/h3-4,8,12,14H,2,5-7H2,1H3. The molecule has 0 aliphatic rings. The molecule has 0 saturated carbocycles. The van der Waals surface area contributed by atoms with Gasteiger partial charge in [0.25, 0.3) is 0 Å². The van der Waals surface area contributed by atoms with Gasteiger partial charge in [-0.2, -0.15) is 4.98 Å². The van der Waals surface area contributed by atoms with Crippen molar-refractivity contribution < 1.29 is 12.9 Å². The molecule has 110 valence electrons. The number of hydrogen-bond donors (Lipinski definition) is 2. The molecule has 9 heteroatoms. The van der Waals surface area contributed by atoms with Crippen molar-refractivity contribution in [3.63, 3.8) is 0 Å². The monoisotopic (exact) mass is 316 g/mol. The van der Waals surface area contributed by atoms with Crippen LogP contribution in [0.1, 0.15) is 17.6 Å². The molecule has 20 heavy (non-hydrogen) atoms. The van der Waals surface area contributed by atoms with Crippen LogP contribution >= 0.6 is 11.3 Å². The zero-order valence-electron chi connectivity index (χ0n) is 11.0. The third kappa shape index (κ3) is 4.10. The summed E-state index contributed by atoms with van der Waals surface area (Å²) in [6.07, 6.45) is 1.61. The summed E-state index contributed by atoms with van der Waals surface area (Å²) in [7, 11) is -3.46. The van der Waals surface area contributed by atoms with Crippen molar-refractivity contribution in [3.05, 3.63) is 29.2 Å². The lowest BCUT2D eigenvalue weighted by molar-refractivity contribution is 0.410. The van der Waals surface area contributed by atoms with Crippen molar-refractivity contribution in [2.75, 3.05) is 13.1 Å². The molecule has 2 aromatic heterocycles. The summed E-state index contributed by atoms with van der Waals surface area (Å²) in [6, 6.07) is 3.44. The van der Waals surface area contributed by atoms with Crippen LogP contribution in [0, 0.1) is 0 Å². The minimum absolute atomic E-state index is 0.238. The third-order valence-corrected chi connectivity index (χ3v) is 5.54. The van der Waals surface area contributed by atoms with Crippen molar-refractivity contribution in [1.82, 2.24) is 20.2 Å². The molecular formula is C11H16N4O3S2. The predicted octanol–water partition coefficient (Wildman–Crippen LogP) is 0.762. The molecule has 7 nitrogen and oxygen atoms in total. The average Bonchev–Trinajstić information content (AvgIpc) is 3.07. The van der Waals surface area contributed by atoms with Gasteiger partial charge >= 0.3 is 0 Å². The highest BCUT2D eigenvalue weighted by molar-refractivity contribution is 7.91. The maximum Gasteiger partial charge on any atom is 0.250 e. The Labute approximate surface area is 121 Å². The summed E-state index contributed by atoms with van der Waals surface area (Å²) in [5.41, 5.74) is 0. The SMILES string of the molecule is CCNCc1ccc(S(=O)(=O)NCCc2ncon2)s1. The highest BCUT2D eigenvalue weighted by atomic mass is 32.2. The Hall–Kier alpha value is -1.29. The molecule has 0 aromatic carbocycles. The van der Waals surface area contributed by atoms with E-state index in [-0.39, 0.29) is 6.54 Å². The van der Waals surface area contributed by atoms with Crippen LogP contribution in [-0.2, 0) is 23.0 Å². The van der Waals surface area contributed by atoms with E-state index in [4.69, 9.17) is 0 Å². The van der Waals surface area contributed by atoms with Crippen molar-refractivity contribution >= 4 is 21.4 Å². The zero-order chi connectivity index (χ0) is 14.4. The van der Waals surface area contributed by atoms with Gasteiger partial charge in [-0.3, -0.25) is 0 Å². The van der Waals surface area contributed by atoms with Gasteiger partial charge in [-0.1, -0.05) is 12.1 Å². The molecule has 0 saturated heterocycles. The van der Waals surface area contributed by atoms with E-state index < -0.39 is 10.0 Å². The van der Waals surface area contributed by atoms with Crippen LogP contribution in [0.3, 0.4) is 0 Å². The lowest BCUT2D eigenvalue weighted by Crippen LogP contribution is -2.25. The molecule has 0 aliphatic carbocycles. The van der Waals surface area contributed by atoms with Crippen molar-refractivity contribution in [2.45, 2.75) is 24.1 Å². The molecule has 0 atom stereocenters. The quantitative estimate of drug-likeness (QED) is 0.746. The second-order valence-electron chi connectivity index (χ2n) is 4.00. The Bertz CT molecular complexity index is 622. The number of sulfonamides is 1. The van der Waals surface area contributed by atoms with Crippen LogP contribution < -0.4 is 10.0 Å². The van der Waals surface area contributed by atoms with Gasteiger partial charge in [-0.05, 0) is 18.7 Å². The first kappa shape index (κ1) is 15.1. The fourth-order valence-corrected chi connectivity index (χ4v) is 3.92. The van der Waals surface area contributed by atoms with Crippen LogP contribution in [0.2, 0.25) is 0 Å². The molecule has 0 unspecified atom stereocenters. The summed E-state index contributed by atoms with van der Waals surface area (Å²) in [5, 5.41) is 6.78. The molecule has 0 bridgehead atoms. The molecule has 0 spiro atoms. The summed E-state index contributed by atoms with van der Waals surface area (Å²) >= 11 is 1.26. The lowest BCUT2D eigenvalue weighted by Gasteiger charge is -2.02. The number of hydrogen-bond acceptors (Lipinski definition) is 7. The molecule has 0 fully saturated rings. The number of thiophene rings is 1. The Balaban J connectivity index is 1.90. The summed E-state index contributed by atoms with van der Waals surface area (Å²) in [4.78, 5) is 4.82. The van der Waals surface area contributed by atoms with Gasteiger partial charge in [0, 0.05) is 24.4 Å². The van der Waals surface area contributed by atoms with E-state index in [1.807, 2.05) is 13.0 Å². The summed E-state index contributed by atoms with van der Waals surface area (Å²) in [5.74, 6) is 0.478. The smallest absolute Gasteiger partial charge is 0.250 e. The Morgan fingerprint density at radius 2 is 2.25 bits per heavy atom. The Kier molecular flexibility index (Phi) is 5.24. The van der Waals surface area contributed by atoms with Crippen molar-refractivity contribution in [3.8, 4) is 0 Å². The van der Waals surface area contributed by atoms with Crippen LogP contribution in [0.15, 0.2) is 27.3 Å². The molecule has 2 heterocycles. The van der Waals surface area contributed by atoms with Gasteiger partial charge in [0.2, 0.25) is 16.4 Å². The first-order valence-corrected chi connectivity index (χ1v) is 8.46. The van der Waals surface area contributed by atoms with E-state index in [9.17, 15) is 8.42 Å². The van der Waals surface area contributed by atoms with Crippen LogP contribution in [0.25, 0.3) is 0 Å². The summed E-state index contributed by atoms with van der Waals surface area (Å²) < 4.78 is 31.5. The number of nitrogens with one attached hydrogen (secondary N) is 2. The van der Waals surface area contributed by atoms with Crippen LogP contribution in [0.4, 0.5) is 0 Å². The van der Waals surface area contributed by atoms with Crippen molar-refractivity contribution in [2.24, 2.45) is 0 Å². The largest absolute Gasteiger partial charge is 0.343 e. The fourth-order valence-electron chi connectivity index (χ4n) is 1.52. The number of aromatic nitrogens is 2. The Morgan fingerprint density at radius 3 is 2.95 bits per heavy atom. The molecule has 2 aromatic rings. The topological polar surface area (TPSA) is 97.1 Å². The van der Waals surface area contributed by atoms with Gasteiger partial charge in [-0.15, -0.1) is 11.3 Å². The fraction of sp³-hybridized carbons (Fsp3) is 0.455. The van der Waals surface area contributed by atoms with E-state index >= 15 is 0 Å². The van der Waals surface area contributed by atoms with E-state index in [1.165, 1.54) is 17.7 Å². The maximum absolute atomic E-state index is 12.1. The van der Waals surface area contributed by atoms with E-state index in [0.717, 1.165) is 11.4 Å². The van der Waals surface area contributed by atoms with Crippen molar-refractivity contribution in [1.29, 1.82) is 0 Å². The van der Waals surface area contributed by atoms with E-state index in [0.29, 0.717) is 23.0 Å². The number of nitrogens with zero attached hydrogens (tertiary/aromatic N) is 2. The van der Waals surface area contributed by atoms with Crippen LogP contribution in [0.5, 0.6) is 0 Å². The normalized spacial score (nSPS) is 11.8. The maximum atomic E-state index is 12.1. The first-order valence-electron chi connectivity index (χ1n) is 6.16. The lowest BCUT2D eigenvalue weighted by atomic mass is 10.4. The van der Waals surface area contributed by atoms with E-state index in [1.54, 1.807) is 6.07 Å². The number of rotatable bonds is 8. The molecular weight excluding hydrogens is 300 g/mol. The molecule has 2 rings (SSSR count). The average molecular weight is 316 g/mol. The minimum atomic E-state index is -3.46. The van der Waals surface area contributed by atoms with Gasteiger partial charge in [0.1, 0.15) is 4.21 Å². The predicted molar refractivity (Wildman–Crippen MR) is 74.9 cm³/mol. The van der Waals surface area contributed by atoms with Gasteiger partial charge in [0.15, 0.2) is 5.82 Å². The van der Waals surface area contributed by atoms with Gasteiger partial charge in [0.05, 0.1) is 0 Å². The zero-order valence-corrected chi connectivity index (χ0v) is 12.6. The van der Waals surface area contributed by atoms with E-state index in [2.05, 4.69) is 24.7 Å². The third-order valence-electron chi connectivity index (χ3n) is 2.50. The summed E-state index contributed by atoms with van der Waals surface area (Å²) in [6.45, 7) is 3.77. The molecule has 2 N–H and O–H groups in total. The minimum Gasteiger partial charge on any atom is -0.343 e. The van der Waals surface area contributed by atoms with Gasteiger partial charge < -0.3 is 9.84 Å². The second-order valence-corrected chi connectivity index (χ2v) is 7.16. The van der Waals surface area contributed by atoms with Gasteiger partial charge in [-0.25, -0.2) is 13.1 Å². The highest BCUT2D eigenvalue weighted by Gasteiger charge is 2.16. The first-order chi connectivity index (χ1) is 9.62. The second kappa shape index (κ2) is 6.93. The molecule has 0 radical (unpaired) electrons. The Morgan fingerprint density at radius 1 is 1.40 bits per heavy atom. The molecule has 0 amide bonds. The highest BCUT2D eigenvalue weighted by Crippen LogP contribution is 2.21. The molecule has 0 aliphatic heterocycles.